The second-order valence-electron chi connectivity index (χ2n) is 4.83. The Hall–Kier alpha value is -3.16. The van der Waals surface area contributed by atoms with Crippen LogP contribution in [-0.4, -0.2) is 28.8 Å². The maximum atomic E-state index is 11.8. The van der Waals surface area contributed by atoms with E-state index >= 15 is 0 Å². The van der Waals surface area contributed by atoms with Crippen LogP contribution in [0.5, 0.6) is 0 Å². The molecule has 118 valence electrons. The number of anilines is 1. The molecule has 0 saturated heterocycles. The van der Waals surface area contributed by atoms with Crippen molar-refractivity contribution < 1.29 is 23.4 Å². The fraction of sp³-hybridized carbons (Fsp3) is 0.200. The first kappa shape index (κ1) is 14.8. The van der Waals surface area contributed by atoms with Gasteiger partial charge in [0.1, 0.15) is 11.5 Å². The predicted molar refractivity (Wildman–Crippen MR) is 78.5 cm³/mol. The largest absolute Gasteiger partial charge is 0.455 e. The van der Waals surface area contributed by atoms with Crippen LogP contribution in [0.15, 0.2) is 39.4 Å². The molecule has 1 N–H and O–H groups in total. The van der Waals surface area contributed by atoms with Crippen molar-refractivity contribution in [2.45, 2.75) is 13.3 Å². The summed E-state index contributed by atoms with van der Waals surface area (Å²) in [7, 11) is 0. The molecule has 0 bridgehead atoms. The standard InChI is InChI=1S/C15H13N3O5/c1-9-6-13(18-22-9)16-14(19)8-21-15(20)7-11-10-4-2-3-5-12(10)23-17-11/h2-6H,7-8H2,1H3,(H,16,18,19). The van der Waals surface area contributed by atoms with Gasteiger partial charge in [-0.15, -0.1) is 0 Å². The zero-order valence-electron chi connectivity index (χ0n) is 12.2. The van der Waals surface area contributed by atoms with Crippen LogP contribution in [0.2, 0.25) is 0 Å². The van der Waals surface area contributed by atoms with Crippen molar-refractivity contribution in [1.29, 1.82) is 0 Å². The number of esters is 1. The van der Waals surface area contributed by atoms with Crippen molar-refractivity contribution in [1.82, 2.24) is 10.3 Å². The van der Waals surface area contributed by atoms with E-state index in [2.05, 4.69) is 15.6 Å². The highest BCUT2D eigenvalue weighted by molar-refractivity contribution is 5.92. The number of hydrogen-bond donors (Lipinski definition) is 1. The minimum atomic E-state index is -0.574. The van der Waals surface area contributed by atoms with E-state index in [1.807, 2.05) is 12.1 Å². The number of aryl methyl sites for hydroxylation is 1. The molecule has 8 nitrogen and oxygen atoms in total. The van der Waals surface area contributed by atoms with E-state index in [0.29, 0.717) is 17.0 Å². The minimum absolute atomic E-state index is 0.0760. The first-order chi connectivity index (χ1) is 11.1. The van der Waals surface area contributed by atoms with E-state index in [1.54, 1.807) is 25.1 Å². The third kappa shape index (κ3) is 3.54. The Morgan fingerprint density at radius 1 is 1.22 bits per heavy atom. The van der Waals surface area contributed by atoms with Gasteiger partial charge in [-0.25, -0.2) is 0 Å². The van der Waals surface area contributed by atoms with Gasteiger partial charge in [0.2, 0.25) is 0 Å². The van der Waals surface area contributed by atoms with Crippen LogP contribution in [0, 0.1) is 6.92 Å². The summed E-state index contributed by atoms with van der Waals surface area (Å²) in [6, 6.07) is 8.74. The first-order valence-electron chi connectivity index (χ1n) is 6.84. The molecule has 8 heteroatoms. The Balaban J connectivity index is 1.52. The van der Waals surface area contributed by atoms with Crippen molar-refractivity contribution >= 4 is 28.7 Å². The van der Waals surface area contributed by atoms with Gasteiger partial charge in [-0.05, 0) is 19.1 Å². The third-order valence-corrected chi connectivity index (χ3v) is 3.02. The number of para-hydroxylation sites is 1. The van der Waals surface area contributed by atoms with Crippen LogP contribution >= 0.6 is 0 Å². The second kappa shape index (κ2) is 6.30. The Bertz CT molecular complexity index is 852. The lowest BCUT2D eigenvalue weighted by Gasteiger charge is -2.03. The van der Waals surface area contributed by atoms with E-state index in [0.717, 1.165) is 5.39 Å². The summed E-state index contributed by atoms with van der Waals surface area (Å²) in [5.41, 5.74) is 1.06. The van der Waals surface area contributed by atoms with E-state index in [1.165, 1.54) is 0 Å². The van der Waals surface area contributed by atoms with Gasteiger partial charge < -0.3 is 19.1 Å². The highest BCUT2D eigenvalue weighted by Gasteiger charge is 2.15. The van der Waals surface area contributed by atoms with Crippen LogP contribution < -0.4 is 5.32 Å². The molecular formula is C15H13N3O5. The molecule has 1 aromatic carbocycles. The molecule has 2 aromatic heterocycles. The molecule has 0 aliphatic rings. The summed E-state index contributed by atoms with van der Waals surface area (Å²) in [5, 5.41) is 10.6. The average molecular weight is 315 g/mol. The number of ether oxygens (including phenoxy) is 1. The van der Waals surface area contributed by atoms with Crippen molar-refractivity contribution in [3.63, 3.8) is 0 Å². The molecule has 2 heterocycles. The molecule has 0 fully saturated rings. The number of amides is 1. The second-order valence-corrected chi connectivity index (χ2v) is 4.83. The van der Waals surface area contributed by atoms with Gasteiger partial charge in [0.25, 0.3) is 5.91 Å². The van der Waals surface area contributed by atoms with Crippen LogP contribution in [0.4, 0.5) is 5.82 Å². The first-order valence-corrected chi connectivity index (χ1v) is 6.84. The Morgan fingerprint density at radius 2 is 2.04 bits per heavy atom. The SMILES string of the molecule is Cc1cc(NC(=O)COC(=O)Cc2noc3ccccc23)no1. The lowest BCUT2D eigenvalue weighted by Crippen LogP contribution is -2.21. The number of nitrogens with one attached hydrogen (secondary N) is 1. The van der Waals surface area contributed by atoms with Crippen LogP contribution in [-0.2, 0) is 20.7 Å². The zero-order chi connectivity index (χ0) is 16.2. The van der Waals surface area contributed by atoms with Crippen molar-refractivity contribution in [2.24, 2.45) is 0 Å². The van der Waals surface area contributed by atoms with Gasteiger partial charge in [-0.2, -0.15) is 0 Å². The summed E-state index contributed by atoms with van der Waals surface area (Å²) >= 11 is 0. The van der Waals surface area contributed by atoms with Crippen LogP contribution in [0.3, 0.4) is 0 Å². The van der Waals surface area contributed by atoms with Gasteiger partial charge in [0.05, 0.1) is 6.42 Å². The van der Waals surface area contributed by atoms with Gasteiger partial charge >= 0.3 is 5.97 Å². The Kier molecular flexibility index (Phi) is 4.05. The van der Waals surface area contributed by atoms with E-state index < -0.39 is 18.5 Å². The molecule has 3 aromatic rings. The number of hydrogen-bond acceptors (Lipinski definition) is 7. The van der Waals surface area contributed by atoms with Crippen molar-refractivity contribution in [3.05, 3.63) is 41.8 Å². The lowest BCUT2D eigenvalue weighted by atomic mass is 10.2. The smallest absolute Gasteiger partial charge is 0.312 e. The molecule has 0 spiro atoms. The highest BCUT2D eigenvalue weighted by Crippen LogP contribution is 2.18. The molecule has 0 atom stereocenters. The number of aromatic nitrogens is 2. The summed E-state index contributed by atoms with van der Waals surface area (Å²) in [6.07, 6.45) is -0.0760. The van der Waals surface area contributed by atoms with Gasteiger partial charge in [0.15, 0.2) is 18.0 Å². The topological polar surface area (TPSA) is 107 Å². The van der Waals surface area contributed by atoms with Crippen LogP contribution in [0.25, 0.3) is 11.0 Å². The third-order valence-electron chi connectivity index (χ3n) is 3.02. The summed E-state index contributed by atoms with van der Waals surface area (Å²) in [6.45, 7) is 1.28. The molecule has 0 aliphatic carbocycles. The molecule has 1 amide bonds. The predicted octanol–water partition coefficient (Wildman–Crippen LogP) is 1.85. The summed E-state index contributed by atoms with van der Waals surface area (Å²) in [5.74, 6) is -0.242. The van der Waals surface area contributed by atoms with E-state index in [4.69, 9.17) is 13.8 Å². The number of nitrogens with zero attached hydrogens (tertiary/aromatic N) is 2. The number of carbonyl (C=O) groups excluding carboxylic acids is 2. The van der Waals surface area contributed by atoms with E-state index in [-0.39, 0.29) is 12.2 Å². The van der Waals surface area contributed by atoms with Gasteiger partial charge in [-0.3, -0.25) is 9.59 Å². The number of benzene rings is 1. The zero-order valence-corrected chi connectivity index (χ0v) is 12.2. The number of fused-ring (bicyclic) bond motifs is 1. The minimum Gasteiger partial charge on any atom is -0.455 e. The highest BCUT2D eigenvalue weighted by atomic mass is 16.5. The molecule has 0 saturated carbocycles. The molecule has 23 heavy (non-hydrogen) atoms. The molecule has 0 unspecified atom stereocenters. The maximum absolute atomic E-state index is 11.8. The monoisotopic (exact) mass is 315 g/mol. The van der Waals surface area contributed by atoms with Gasteiger partial charge in [-0.1, -0.05) is 22.4 Å². The lowest BCUT2D eigenvalue weighted by molar-refractivity contribution is -0.146. The molecule has 0 aliphatic heterocycles. The fourth-order valence-corrected chi connectivity index (χ4v) is 2.00. The van der Waals surface area contributed by atoms with Crippen LogP contribution in [0.1, 0.15) is 11.5 Å². The molecular weight excluding hydrogens is 302 g/mol. The van der Waals surface area contributed by atoms with Gasteiger partial charge in [0, 0.05) is 11.5 Å². The Morgan fingerprint density at radius 3 is 2.83 bits per heavy atom. The summed E-state index contributed by atoms with van der Waals surface area (Å²) < 4.78 is 14.8. The van der Waals surface area contributed by atoms with Crippen molar-refractivity contribution in [2.75, 3.05) is 11.9 Å². The fourth-order valence-electron chi connectivity index (χ4n) is 2.00. The summed E-state index contributed by atoms with van der Waals surface area (Å²) in [4.78, 5) is 23.4. The normalized spacial score (nSPS) is 10.7. The quantitative estimate of drug-likeness (QED) is 0.716. The average Bonchev–Trinajstić information content (AvgIpc) is 3.12. The van der Waals surface area contributed by atoms with Crippen molar-refractivity contribution in [3.8, 4) is 0 Å². The number of rotatable bonds is 5. The Labute approximate surface area is 130 Å². The molecule has 3 rings (SSSR count). The number of carbonyl (C=O) groups is 2. The maximum Gasteiger partial charge on any atom is 0.312 e. The molecule has 0 radical (unpaired) electrons. The van der Waals surface area contributed by atoms with E-state index in [9.17, 15) is 9.59 Å².